The second kappa shape index (κ2) is 15.5. The summed E-state index contributed by atoms with van der Waals surface area (Å²) >= 11 is 0. The lowest BCUT2D eigenvalue weighted by molar-refractivity contribution is -0.923. The molecule has 0 aliphatic heterocycles. The number of aliphatic carboxylic acids is 2. The highest BCUT2D eigenvalue weighted by Gasteiger charge is 2.25. The number of quaternary nitrogens is 1. The molecular formula is C20H40NO9P. The van der Waals surface area contributed by atoms with Crippen LogP contribution in [-0.4, -0.2) is 79.0 Å². The summed E-state index contributed by atoms with van der Waals surface area (Å²) in [7, 11) is -3.94. The summed E-state index contributed by atoms with van der Waals surface area (Å²) in [4.78, 5) is 30.1. The van der Waals surface area contributed by atoms with Gasteiger partial charge in [0.25, 0.3) is 0 Å². The molecule has 0 fully saturated rings. The number of carboxylic acid groups (broad SMARTS) is 2. The van der Waals surface area contributed by atoms with Crippen molar-refractivity contribution in [3.63, 3.8) is 0 Å². The van der Waals surface area contributed by atoms with Gasteiger partial charge in [-0.1, -0.05) is 20.8 Å². The van der Waals surface area contributed by atoms with E-state index in [-0.39, 0.29) is 18.8 Å². The largest absolute Gasteiger partial charge is 0.545 e. The van der Waals surface area contributed by atoms with Crippen molar-refractivity contribution in [3.05, 3.63) is 11.6 Å². The van der Waals surface area contributed by atoms with Gasteiger partial charge >= 0.3 is 13.8 Å². The number of carboxylic acids is 2. The first kappa shape index (κ1) is 31.9. The standard InChI is InChI=1S/C12H28NO5P.C8H12O4/c1-5-13(6-2,7-3)9-10-17-19(14,15)18-12-11-16-8-4;1-8(2,3)5(7(11)12)4-6(9)10/h5-12H2,1-4H3;4H,1-3H3,(H,9,10)(H,11,12)/b;5-4-. The molecule has 0 aromatic heterocycles. The van der Waals surface area contributed by atoms with E-state index in [0.29, 0.717) is 25.8 Å². The Morgan fingerprint density at radius 2 is 1.48 bits per heavy atom. The van der Waals surface area contributed by atoms with Crippen LogP contribution in [0.3, 0.4) is 0 Å². The Morgan fingerprint density at radius 3 is 1.81 bits per heavy atom. The molecule has 0 aromatic rings. The van der Waals surface area contributed by atoms with E-state index in [9.17, 15) is 24.2 Å². The third kappa shape index (κ3) is 15.2. The van der Waals surface area contributed by atoms with Crippen molar-refractivity contribution in [2.75, 3.05) is 52.6 Å². The van der Waals surface area contributed by atoms with Gasteiger partial charge in [0, 0.05) is 12.2 Å². The number of phosphoric ester groups is 1. The van der Waals surface area contributed by atoms with Gasteiger partial charge in [0.05, 0.1) is 38.8 Å². The first-order valence-corrected chi connectivity index (χ1v) is 11.9. The maximum Gasteiger partial charge on any atom is 0.472 e. The van der Waals surface area contributed by atoms with Crippen molar-refractivity contribution in [2.45, 2.75) is 48.5 Å². The number of hydrogen-bond acceptors (Lipinski definition) is 7. The number of phosphoric acid groups is 1. The highest BCUT2D eigenvalue weighted by Crippen LogP contribution is 2.42. The van der Waals surface area contributed by atoms with E-state index >= 15 is 0 Å². The van der Waals surface area contributed by atoms with Crippen LogP contribution in [0.2, 0.25) is 0 Å². The van der Waals surface area contributed by atoms with Crippen LogP contribution in [0.1, 0.15) is 48.5 Å². The average molecular weight is 470 g/mol. The van der Waals surface area contributed by atoms with Crippen molar-refractivity contribution >= 4 is 19.8 Å². The van der Waals surface area contributed by atoms with Crippen LogP contribution in [0.4, 0.5) is 0 Å². The lowest BCUT2D eigenvalue weighted by atomic mass is 9.86. The Hall–Kier alpha value is -1.29. The molecule has 2 N–H and O–H groups in total. The number of rotatable bonds is 14. The average Bonchev–Trinajstić information content (AvgIpc) is 2.66. The molecule has 0 saturated carbocycles. The quantitative estimate of drug-likeness (QED) is 0.169. The predicted molar refractivity (Wildman–Crippen MR) is 115 cm³/mol. The highest BCUT2D eigenvalue weighted by atomic mass is 31.2. The number of carbonyl (C=O) groups excluding carboxylic acids is 1. The van der Waals surface area contributed by atoms with E-state index in [1.54, 1.807) is 20.8 Å². The molecule has 0 heterocycles. The van der Waals surface area contributed by atoms with Crippen molar-refractivity contribution < 1.29 is 47.5 Å². The molecule has 0 aliphatic carbocycles. The molecule has 0 rings (SSSR count). The zero-order valence-electron chi connectivity index (χ0n) is 19.9. The van der Waals surface area contributed by atoms with Gasteiger partial charge in [0.1, 0.15) is 13.2 Å². The SMILES string of the molecule is CC(C)(C)/C(=C\C(=O)[O-])C(=O)O.CCOCCOP(=O)(O)OCC[N+](CC)(CC)CC. The van der Waals surface area contributed by atoms with Gasteiger partial charge < -0.3 is 29.1 Å². The highest BCUT2D eigenvalue weighted by molar-refractivity contribution is 7.47. The predicted octanol–water partition coefficient (Wildman–Crippen LogP) is 1.83. The number of likely N-dealkylation sites (N-methyl/N-ethyl adjacent to an activating group) is 1. The van der Waals surface area contributed by atoms with Gasteiger partial charge in [0.15, 0.2) is 0 Å². The Balaban J connectivity index is 0. The van der Waals surface area contributed by atoms with Gasteiger partial charge in [-0.15, -0.1) is 0 Å². The summed E-state index contributed by atoms with van der Waals surface area (Å²) in [6, 6.07) is 0. The second-order valence-corrected chi connectivity index (χ2v) is 9.23. The summed E-state index contributed by atoms with van der Waals surface area (Å²) in [5.41, 5.74) is -0.853. The lowest BCUT2D eigenvalue weighted by Gasteiger charge is -2.35. The maximum absolute atomic E-state index is 11.6. The minimum absolute atomic E-state index is 0.0664. The number of nitrogens with zero attached hydrogens (tertiary/aromatic N) is 1. The Bertz CT molecular complexity index is 602. The fourth-order valence-electron chi connectivity index (χ4n) is 2.61. The van der Waals surface area contributed by atoms with Crippen LogP contribution in [-0.2, 0) is 27.9 Å². The van der Waals surface area contributed by atoms with Crippen LogP contribution in [0.25, 0.3) is 0 Å². The number of hydrogen-bond donors (Lipinski definition) is 2. The summed E-state index contributed by atoms with van der Waals surface area (Å²) in [5.74, 6) is -2.71. The van der Waals surface area contributed by atoms with Crippen molar-refractivity contribution in [1.82, 2.24) is 0 Å². The summed E-state index contributed by atoms with van der Waals surface area (Å²) in [6.45, 7) is 17.9. The number of ether oxygens (including phenoxy) is 1. The fourth-order valence-corrected chi connectivity index (χ4v) is 3.30. The van der Waals surface area contributed by atoms with E-state index in [0.717, 1.165) is 24.1 Å². The molecule has 0 amide bonds. The van der Waals surface area contributed by atoms with Crippen LogP contribution < -0.4 is 5.11 Å². The molecule has 0 aliphatic rings. The van der Waals surface area contributed by atoms with Gasteiger partial charge in [-0.2, -0.15) is 0 Å². The topological polar surface area (TPSA) is 142 Å². The first-order valence-electron chi connectivity index (χ1n) is 10.4. The van der Waals surface area contributed by atoms with Crippen LogP contribution in [0, 0.1) is 5.41 Å². The molecule has 0 saturated heterocycles. The molecule has 11 heteroatoms. The number of carbonyl (C=O) groups is 2. The molecule has 1 atom stereocenters. The van der Waals surface area contributed by atoms with E-state index in [1.165, 1.54) is 0 Å². The fraction of sp³-hybridized carbons (Fsp3) is 0.800. The van der Waals surface area contributed by atoms with Crippen LogP contribution in [0.15, 0.2) is 11.6 Å². The molecule has 10 nitrogen and oxygen atoms in total. The normalized spacial score (nSPS) is 14.4. The molecule has 184 valence electrons. The van der Waals surface area contributed by atoms with E-state index in [4.69, 9.17) is 18.9 Å². The van der Waals surface area contributed by atoms with Crippen LogP contribution >= 0.6 is 7.82 Å². The summed E-state index contributed by atoms with van der Waals surface area (Å²) in [6.07, 6.45) is 0.613. The molecule has 0 aromatic carbocycles. The zero-order valence-corrected chi connectivity index (χ0v) is 20.8. The Morgan fingerprint density at radius 1 is 1.00 bits per heavy atom. The Labute approximate surface area is 186 Å². The zero-order chi connectivity index (χ0) is 24.7. The van der Waals surface area contributed by atoms with Crippen molar-refractivity contribution in [2.24, 2.45) is 5.41 Å². The molecule has 0 bridgehead atoms. The third-order valence-corrected chi connectivity index (χ3v) is 5.84. The lowest BCUT2D eigenvalue weighted by Crippen LogP contribution is -2.49. The summed E-state index contributed by atoms with van der Waals surface area (Å²) in [5, 5.41) is 18.7. The van der Waals surface area contributed by atoms with E-state index in [1.807, 2.05) is 6.92 Å². The molecule has 1 unspecified atom stereocenters. The van der Waals surface area contributed by atoms with Crippen molar-refractivity contribution in [3.8, 4) is 0 Å². The molecule has 0 radical (unpaired) electrons. The molecular weight excluding hydrogens is 429 g/mol. The summed E-state index contributed by atoms with van der Waals surface area (Å²) < 4.78 is 27.3. The minimum atomic E-state index is -3.94. The maximum atomic E-state index is 11.6. The van der Waals surface area contributed by atoms with E-state index in [2.05, 4.69) is 20.8 Å². The minimum Gasteiger partial charge on any atom is -0.545 e. The van der Waals surface area contributed by atoms with Gasteiger partial charge in [-0.05, 0) is 39.2 Å². The van der Waals surface area contributed by atoms with E-state index < -0.39 is 25.2 Å². The van der Waals surface area contributed by atoms with Gasteiger partial charge in [-0.25, -0.2) is 9.36 Å². The smallest absolute Gasteiger partial charge is 0.472 e. The monoisotopic (exact) mass is 469 g/mol. The molecule has 0 spiro atoms. The second-order valence-electron chi connectivity index (χ2n) is 7.78. The first-order chi connectivity index (χ1) is 14.2. The van der Waals surface area contributed by atoms with Gasteiger partial charge in [-0.3, -0.25) is 9.05 Å². The van der Waals surface area contributed by atoms with Crippen LogP contribution in [0.5, 0.6) is 0 Å². The molecule has 31 heavy (non-hydrogen) atoms. The van der Waals surface area contributed by atoms with Gasteiger partial charge in [0.2, 0.25) is 0 Å². The Kier molecular flexibility index (Phi) is 15.9. The third-order valence-electron chi connectivity index (χ3n) is 4.82. The van der Waals surface area contributed by atoms with Crippen molar-refractivity contribution in [1.29, 1.82) is 0 Å².